The molecule has 21 heavy (non-hydrogen) atoms. The highest BCUT2D eigenvalue weighted by molar-refractivity contribution is 5.88. The van der Waals surface area contributed by atoms with Crippen LogP contribution in [0.4, 0.5) is 5.69 Å². The van der Waals surface area contributed by atoms with E-state index in [2.05, 4.69) is 16.0 Å². The van der Waals surface area contributed by atoms with E-state index in [0.29, 0.717) is 6.54 Å². The van der Waals surface area contributed by atoms with E-state index in [1.54, 1.807) is 0 Å². The van der Waals surface area contributed by atoms with Crippen molar-refractivity contribution in [2.75, 3.05) is 18.4 Å². The van der Waals surface area contributed by atoms with Gasteiger partial charge in [-0.1, -0.05) is 12.1 Å². The first-order chi connectivity index (χ1) is 10.0. The lowest BCUT2D eigenvalue weighted by Gasteiger charge is -2.16. The zero-order valence-corrected chi connectivity index (χ0v) is 12.6. The normalized spacial score (nSPS) is 15.3. The van der Waals surface area contributed by atoms with Crippen LogP contribution in [0.5, 0.6) is 0 Å². The van der Waals surface area contributed by atoms with Crippen LogP contribution in [0.3, 0.4) is 0 Å². The van der Waals surface area contributed by atoms with Crippen molar-refractivity contribution in [3.05, 3.63) is 29.8 Å². The van der Waals surface area contributed by atoms with Crippen molar-refractivity contribution in [2.24, 2.45) is 5.92 Å². The summed E-state index contributed by atoms with van der Waals surface area (Å²) >= 11 is 0. The van der Waals surface area contributed by atoms with Crippen LogP contribution < -0.4 is 16.0 Å². The van der Waals surface area contributed by atoms with Crippen molar-refractivity contribution >= 4 is 17.5 Å². The molecule has 1 aliphatic rings. The molecule has 0 aliphatic heterocycles. The minimum atomic E-state index is -0.104. The summed E-state index contributed by atoms with van der Waals surface area (Å²) < 4.78 is 0. The SMILES string of the molecule is CC(=O)Nc1cccc(C(C)NC(=O)CNCC2CC2)c1. The zero-order valence-electron chi connectivity index (χ0n) is 12.6. The Morgan fingerprint density at radius 3 is 2.76 bits per heavy atom. The summed E-state index contributed by atoms with van der Waals surface area (Å²) in [5.41, 5.74) is 1.71. The fraction of sp³-hybridized carbons (Fsp3) is 0.500. The third-order valence-electron chi connectivity index (χ3n) is 3.50. The highest BCUT2D eigenvalue weighted by atomic mass is 16.2. The summed E-state index contributed by atoms with van der Waals surface area (Å²) in [6.45, 7) is 4.70. The van der Waals surface area contributed by atoms with Gasteiger partial charge in [0.05, 0.1) is 12.6 Å². The lowest BCUT2D eigenvalue weighted by Crippen LogP contribution is -2.36. The van der Waals surface area contributed by atoms with Crippen molar-refractivity contribution < 1.29 is 9.59 Å². The first kappa shape index (κ1) is 15.5. The molecule has 1 saturated carbocycles. The molecule has 0 bridgehead atoms. The van der Waals surface area contributed by atoms with Gasteiger partial charge in [0.1, 0.15) is 0 Å². The maximum atomic E-state index is 11.8. The summed E-state index contributed by atoms with van der Waals surface area (Å²) in [5.74, 6) is 0.658. The van der Waals surface area contributed by atoms with Gasteiger partial charge in [0.25, 0.3) is 0 Å². The minimum Gasteiger partial charge on any atom is -0.348 e. The monoisotopic (exact) mass is 289 g/mol. The van der Waals surface area contributed by atoms with E-state index in [1.165, 1.54) is 19.8 Å². The van der Waals surface area contributed by atoms with Gasteiger partial charge in [0.2, 0.25) is 11.8 Å². The quantitative estimate of drug-likeness (QED) is 0.717. The Balaban J connectivity index is 1.81. The van der Waals surface area contributed by atoms with Gasteiger partial charge < -0.3 is 16.0 Å². The van der Waals surface area contributed by atoms with Crippen molar-refractivity contribution in [1.82, 2.24) is 10.6 Å². The summed E-state index contributed by atoms with van der Waals surface area (Å²) in [5, 5.41) is 8.87. The Morgan fingerprint density at radius 2 is 2.10 bits per heavy atom. The topological polar surface area (TPSA) is 70.2 Å². The highest BCUT2D eigenvalue weighted by Crippen LogP contribution is 2.27. The highest BCUT2D eigenvalue weighted by Gasteiger charge is 2.20. The number of benzene rings is 1. The molecule has 2 rings (SSSR count). The van der Waals surface area contributed by atoms with E-state index in [-0.39, 0.29) is 17.9 Å². The van der Waals surface area contributed by atoms with Gasteiger partial charge in [-0.3, -0.25) is 9.59 Å². The summed E-state index contributed by atoms with van der Waals surface area (Å²) in [6, 6.07) is 7.43. The first-order valence-electron chi connectivity index (χ1n) is 7.42. The Labute approximate surface area is 125 Å². The number of hydrogen-bond donors (Lipinski definition) is 3. The standard InChI is InChI=1S/C16H23N3O2/c1-11(18-16(21)10-17-9-13-6-7-13)14-4-3-5-15(8-14)19-12(2)20/h3-5,8,11,13,17H,6-7,9-10H2,1-2H3,(H,18,21)(H,19,20). The van der Waals surface area contributed by atoms with Crippen molar-refractivity contribution in [3.8, 4) is 0 Å². The summed E-state index contributed by atoms with van der Waals surface area (Å²) in [4.78, 5) is 22.9. The van der Waals surface area contributed by atoms with Crippen LogP contribution in [-0.4, -0.2) is 24.9 Å². The fourth-order valence-electron chi connectivity index (χ4n) is 2.18. The number of carbonyl (C=O) groups excluding carboxylic acids is 2. The molecule has 2 amide bonds. The molecule has 0 spiro atoms. The van der Waals surface area contributed by atoms with Crippen LogP contribution in [0.15, 0.2) is 24.3 Å². The molecule has 0 radical (unpaired) electrons. The maximum Gasteiger partial charge on any atom is 0.234 e. The van der Waals surface area contributed by atoms with E-state index in [9.17, 15) is 9.59 Å². The van der Waals surface area contributed by atoms with Crippen LogP contribution in [0, 0.1) is 5.92 Å². The number of hydrogen-bond acceptors (Lipinski definition) is 3. The molecule has 0 aromatic heterocycles. The zero-order chi connectivity index (χ0) is 15.2. The van der Waals surface area contributed by atoms with Crippen LogP contribution in [-0.2, 0) is 9.59 Å². The molecule has 3 N–H and O–H groups in total. The average molecular weight is 289 g/mol. The number of nitrogens with one attached hydrogen (secondary N) is 3. The van der Waals surface area contributed by atoms with Crippen molar-refractivity contribution in [1.29, 1.82) is 0 Å². The molecule has 1 unspecified atom stereocenters. The first-order valence-corrected chi connectivity index (χ1v) is 7.42. The predicted molar refractivity (Wildman–Crippen MR) is 82.9 cm³/mol. The van der Waals surface area contributed by atoms with Gasteiger partial charge in [0, 0.05) is 12.6 Å². The average Bonchev–Trinajstić information content (AvgIpc) is 3.22. The molecule has 1 atom stereocenters. The predicted octanol–water partition coefficient (Wildman–Crippen LogP) is 1.82. The molecule has 0 heterocycles. The molecule has 1 aliphatic carbocycles. The molecular formula is C16H23N3O2. The van der Waals surface area contributed by atoms with Gasteiger partial charge >= 0.3 is 0 Å². The molecule has 1 aromatic carbocycles. The summed E-state index contributed by atoms with van der Waals surface area (Å²) in [7, 11) is 0. The molecule has 114 valence electrons. The third-order valence-corrected chi connectivity index (χ3v) is 3.50. The number of amides is 2. The molecular weight excluding hydrogens is 266 g/mol. The van der Waals surface area contributed by atoms with Gasteiger partial charge in [-0.25, -0.2) is 0 Å². The van der Waals surface area contributed by atoms with E-state index in [1.807, 2.05) is 31.2 Å². The van der Waals surface area contributed by atoms with E-state index >= 15 is 0 Å². The van der Waals surface area contributed by atoms with Crippen molar-refractivity contribution in [2.45, 2.75) is 32.7 Å². The summed E-state index contributed by atoms with van der Waals surface area (Å²) in [6.07, 6.45) is 2.56. The molecule has 1 aromatic rings. The van der Waals surface area contributed by atoms with Gasteiger partial charge in [-0.05, 0) is 49.9 Å². The van der Waals surface area contributed by atoms with Crippen LogP contribution in [0.2, 0.25) is 0 Å². The lowest BCUT2D eigenvalue weighted by molar-refractivity contribution is -0.121. The minimum absolute atomic E-state index is 0.00641. The third kappa shape index (κ3) is 5.55. The molecule has 1 fully saturated rings. The van der Waals surface area contributed by atoms with Crippen LogP contribution in [0.1, 0.15) is 38.3 Å². The molecule has 5 nitrogen and oxygen atoms in total. The second-order valence-electron chi connectivity index (χ2n) is 5.67. The van der Waals surface area contributed by atoms with Gasteiger partial charge in [-0.15, -0.1) is 0 Å². The molecule has 0 saturated heterocycles. The Kier molecular flexibility index (Phi) is 5.33. The van der Waals surface area contributed by atoms with Crippen molar-refractivity contribution in [3.63, 3.8) is 0 Å². The van der Waals surface area contributed by atoms with Gasteiger partial charge in [-0.2, -0.15) is 0 Å². The largest absolute Gasteiger partial charge is 0.348 e. The van der Waals surface area contributed by atoms with Crippen LogP contribution in [0.25, 0.3) is 0 Å². The number of carbonyl (C=O) groups is 2. The Hall–Kier alpha value is -1.88. The van der Waals surface area contributed by atoms with E-state index < -0.39 is 0 Å². The maximum absolute atomic E-state index is 11.8. The van der Waals surface area contributed by atoms with Gasteiger partial charge in [0.15, 0.2) is 0 Å². The van der Waals surface area contributed by atoms with E-state index in [0.717, 1.165) is 23.7 Å². The number of rotatable bonds is 7. The fourth-order valence-corrected chi connectivity index (χ4v) is 2.18. The van der Waals surface area contributed by atoms with E-state index in [4.69, 9.17) is 0 Å². The molecule has 5 heteroatoms. The van der Waals surface area contributed by atoms with Crippen LogP contribution >= 0.6 is 0 Å². The lowest BCUT2D eigenvalue weighted by atomic mass is 10.1. The second kappa shape index (κ2) is 7.22. The number of anilines is 1. The smallest absolute Gasteiger partial charge is 0.234 e. The second-order valence-corrected chi connectivity index (χ2v) is 5.67. The Bertz CT molecular complexity index is 512. The Morgan fingerprint density at radius 1 is 1.33 bits per heavy atom.